The van der Waals surface area contributed by atoms with Crippen molar-refractivity contribution in [1.82, 2.24) is 9.38 Å². The lowest BCUT2D eigenvalue weighted by atomic mass is 10.4. The van der Waals surface area contributed by atoms with E-state index < -0.39 is 0 Å². The van der Waals surface area contributed by atoms with Crippen molar-refractivity contribution in [2.75, 3.05) is 13.2 Å². The highest BCUT2D eigenvalue weighted by Gasteiger charge is 2.05. The Morgan fingerprint density at radius 1 is 1.42 bits per heavy atom. The average molecular weight is 280 g/mol. The first-order valence-electron chi connectivity index (χ1n) is 6.13. The van der Waals surface area contributed by atoms with E-state index >= 15 is 0 Å². The lowest BCUT2D eigenvalue weighted by Gasteiger charge is -1.94. The quantitative estimate of drug-likeness (QED) is 0.602. The first-order chi connectivity index (χ1) is 9.22. The van der Waals surface area contributed by atoms with Crippen LogP contribution >= 0.6 is 11.3 Å². The maximum absolute atomic E-state index is 11.2. The van der Waals surface area contributed by atoms with Gasteiger partial charge >= 0.3 is 5.97 Å². The van der Waals surface area contributed by atoms with Crippen LogP contribution in [0.3, 0.4) is 0 Å². The molecule has 0 spiro atoms. The summed E-state index contributed by atoms with van der Waals surface area (Å²) in [5.74, 6) is -0.328. The molecule has 0 unspecified atom stereocenters. The summed E-state index contributed by atoms with van der Waals surface area (Å²) in [5.41, 5.74) is 0.911. The lowest BCUT2D eigenvalue weighted by Crippen LogP contribution is -1.98. The number of hydrogen-bond donors (Lipinski definition) is 0. The molecule has 2 aromatic rings. The molecule has 0 aromatic carbocycles. The molecule has 2 aromatic heterocycles. The van der Waals surface area contributed by atoms with E-state index in [1.807, 2.05) is 23.7 Å². The molecule has 0 N–H and O–H groups in total. The van der Waals surface area contributed by atoms with Crippen molar-refractivity contribution < 1.29 is 14.3 Å². The number of esters is 1. The molecule has 2 heterocycles. The fourth-order valence-electron chi connectivity index (χ4n) is 1.56. The average Bonchev–Trinajstić information content (AvgIpc) is 2.91. The van der Waals surface area contributed by atoms with Crippen molar-refractivity contribution in [3.8, 4) is 0 Å². The van der Waals surface area contributed by atoms with E-state index in [1.165, 1.54) is 17.4 Å². The molecule has 0 saturated carbocycles. The highest BCUT2D eigenvalue weighted by atomic mass is 32.1. The van der Waals surface area contributed by atoms with Gasteiger partial charge in [0, 0.05) is 30.0 Å². The van der Waals surface area contributed by atoms with Gasteiger partial charge in [0.1, 0.15) is 0 Å². The van der Waals surface area contributed by atoms with Gasteiger partial charge in [-0.15, -0.1) is 0 Å². The fourth-order valence-corrected chi connectivity index (χ4v) is 2.44. The van der Waals surface area contributed by atoms with Crippen LogP contribution in [0.1, 0.15) is 24.4 Å². The van der Waals surface area contributed by atoms with Gasteiger partial charge in [-0.25, -0.2) is 9.78 Å². The van der Waals surface area contributed by atoms with Crippen LogP contribution in [0.2, 0.25) is 0 Å². The predicted octanol–water partition coefficient (Wildman–Crippen LogP) is 2.51. The second kappa shape index (κ2) is 6.49. The van der Waals surface area contributed by atoms with Gasteiger partial charge in [-0.2, -0.15) is 0 Å². The van der Waals surface area contributed by atoms with Gasteiger partial charge in [-0.3, -0.25) is 4.40 Å². The van der Waals surface area contributed by atoms with Crippen molar-refractivity contribution in [2.45, 2.75) is 20.5 Å². The lowest BCUT2D eigenvalue weighted by molar-refractivity contribution is -0.137. The van der Waals surface area contributed by atoms with E-state index in [-0.39, 0.29) is 5.97 Å². The number of fused-ring (bicyclic) bond motifs is 1. The third-order valence-corrected chi connectivity index (χ3v) is 3.31. The van der Waals surface area contributed by atoms with Crippen LogP contribution in [0, 0.1) is 0 Å². The van der Waals surface area contributed by atoms with Gasteiger partial charge in [-0.1, -0.05) is 11.3 Å². The molecule has 0 bridgehead atoms. The van der Waals surface area contributed by atoms with E-state index in [4.69, 9.17) is 9.47 Å². The van der Waals surface area contributed by atoms with Crippen molar-refractivity contribution in [2.24, 2.45) is 0 Å². The van der Waals surface area contributed by atoms with Crippen molar-refractivity contribution in [1.29, 1.82) is 0 Å². The summed E-state index contributed by atoms with van der Waals surface area (Å²) in [5, 5.41) is 0. The second-order valence-electron chi connectivity index (χ2n) is 3.78. The highest BCUT2D eigenvalue weighted by Crippen LogP contribution is 2.19. The molecule has 0 atom stereocenters. The Labute approximate surface area is 115 Å². The van der Waals surface area contributed by atoms with E-state index in [0.29, 0.717) is 19.8 Å². The second-order valence-corrected chi connectivity index (χ2v) is 4.82. The molecular weight excluding hydrogens is 264 g/mol. The Balaban J connectivity index is 2.06. The number of nitrogens with zero attached hydrogens (tertiary/aromatic N) is 2. The largest absolute Gasteiger partial charge is 0.463 e. The molecule has 6 heteroatoms. The molecule has 0 aliphatic rings. The molecular formula is C13H16N2O3S. The van der Waals surface area contributed by atoms with Gasteiger partial charge in [0.05, 0.1) is 18.9 Å². The topological polar surface area (TPSA) is 52.8 Å². The Bertz CT molecular complexity index is 554. The van der Waals surface area contributed by atoms with Crippen molar-refractivity contribution >= 4 is 28.3 Å². The standard InChI is InChI=1S/C13H16N2O3S/c1-3-17-9-10-7-15-8-11(19-13(15)14-10)5-6-12(16)18-4-2/h5-8H,3-4,9H2,1-2H3/b6-5+. The molecule has 0 saturated heterocycles. The minimum absolute atomic E-state index is 0.328. The number of hydrogen-bond acceptors (Lipinski definition) is 5. The molecule has 0 radical (unpaired) electrons. The maximum atomic E-state index is 11.2. The first kappa shape index (κ1) is 13.8. The first-order valence-corrected chi connectivity index (χ1v) is 6.94. The summed E-state index contributed by atoms with van der Waals surface area (Å²) in [6, 6.07) is 0. The zero-order valence-electron chi connectivity index (χ0n) is 11.0. The van der Waals surface area contributed by atoms with Gasteiger partial charge in [0.2, 0.25) is 0 Å². The van der Waals surface area contributed by atoms with Gasteiger partial charge in [0.15, 0.2) is 4.96 Å². The van der Waals surface area contributed by atoms with Crippen LogP contribution in [0.4, 0.5) is 0 Å². The van der Waals surface area contributed by atoms with Crippen LogP contribution in [0.25, 0.3) is 11.0 Å². The van der Waals surface area contributed by atoms with Gasteiger partial charge in [0.25, 0.3) is 0 Å². The Hall–Kier alpha value is -1.66. The summed E-state index contributed by atoms with van der Waals surface area (Å²) in [7, 11) is 0. The van der Waals surface area contributed by atoms with Crippen LogP contribution in [-0.4, -0.2) is 28.6 Å². The zero-order chi connectivity index (χ0) is 13.7. The minimum atomic E-state index is -0.328. The molecule has 19 heavy (non-hydrogen) atoms. The highest BCUT2D eigenvalue weighted by molar-refractivity contribution is 7.17. The Kier molecular flexibility index (Phi) is 4.70. The summed E-state index contributed by atoms with van der Waals surface area (Å²) in [4.78, 5) is 17.5. The number of ether oxygens (including phenoxy) is 2. The third kappa shape index (κ3) is 3.65. The van der Waals surface area contributed by atoms with Gasteiger partial charge in [-0.05, 0) is 19.9 Å². The molecule has 0 fully saturated rings. The van der Waals surface area contributed by atoms with E-state index in [2.05, 4.69) is 4.98 Å². The van der Waals surface area contributed by atoms with Crippen LogP contribution in [0.15, 0.2) is 18.5 Å². The van der Waals surface area contributed by atoms with E-state index in [9.17, 15) is 4.79 Å². The molecule has 0 aliphatic heterocycles. The molecule has 0 amide bonds. The number of carbonyl (C=O) groups excluding carboxylic acids is 1. The van der Waals surface area contributed by atoms with Gasteiger partial charge < -0.3 is 9.47 Å². The fraction of sp³-hybridized carbons (Fsp3) is 0.385. The van der Waals surface area contributed by atoms with E-state index in [0.717, 1.165) is 15.5 Å². The van der Waals surface area contributed by atoms with Crippen LogP contribution in [-0.2, 0) is 20.9 Å². The van der Waals surface area contributed by atoms with E-state index in [1.54, 1.807) is 13.0 Å². The third-order valence-electron chi connectivity index (χ3n) is 2.35. The maximum Gasteiger partial charge on any atom is 0.330 e. The summed E-state index contributed by atoms with van der Waals surface area (Å²) in [6.07, 6.45) is 7.02. The Morgan fingerprint density at radius 3 is 2.95 bits per heavy atom. The van der Waals surface area contributed by atoms with Crippen LogP contribution < -0.4 is 0 Å². The number of imidazole rings is 1. The number of carbonyl (C=O) groups is 1. The summed E-state index contributed by atoms with van der Waals surface area (Å²) >= 11 is 1.51. The predicted molar refractivity (Wildman–Crippen MR) is 74.1 cm³/mol. The zero-order valence-corrected chi connectivity index (χ0v) is 11.8. The molecule has 5 nitrogen and oxygen atoms in total. The summed E-state index contributed by atoms with van der Waals surface area (Å²) < 4.78 is 12.1. The van der Waals surface area contributed by atoms with Crippen LogP contribution in [0.5, 0.6) is 0 Å². The molecule has 102 valence electrons. The number of rotatable bonds is 6. The van der Waals surface area contributed by atoms with Crippen molar-refractivity contribution in [3.63, 3.8) is 0 Å². The monoisotopic (exact) mass is 280 g/mol. The molecule has 2 rings (SSSR count). The SMILES string of the molecule is CCOCc1cn2cc(/C=C/C(=O)OCC)sc2n1. The minimum Gasteiger partial charge on any atom is -0.463 e. The Morgan fingerprint density at radius 2 is 2.26 bits per heavy atom. The van der Waals surface area contributed by atoms with Crippen molar-refractivity contribution in [3.05, 3.63) is 29.0 Å². The normalized spacial score (nSPS) is 11.5. The molecule has 0 aliphatic carbocycles. The summed E-state index contributed by atoms with van der Waals surface area (Å²) in [6.45, 7) is 5.33. The number of thiazole rings is 1. The number of aromatic nitrogens is 2. The smallest absolute Gasteiger partial charge is 0.330 e.